The minimum Gasteiger partial charge on any atom is -0.289 e. The van der Waals surface area contributed by atoms with Crippen LogP contribution in [-0.2, 0) is 0 Å². The summed E-state index contributed by atoms with van der Waals surface area (Å²) in [5.74, 6) is -0.0476. The summed E-state index contributed by atoms with van der Waals surface area (Å²) < 4.78 is 0. The van der Waals surface area contributed by atoms with Gasteiger partial charge in [0.25, 0.3) is 0 Å². The maximum Gasteiger partial charge on any atom is 0.189 e. The van der Waals surface area contributed by atoms with Crippen molar-refractivity contribution >= 4 is 17.7 Å². The number of carbonyl (C=O) groups is 1. The SMILES string of the molecule is C=C(C)C(=O)c1ccccc1SN. The van der Waals surface area contributed by atoms with Crippen molar-refractivity contribution in [3.63, 3.8) is 0 Å². The van der Waals surface area contributed by atoms with E-state index in [1.807, 2.05) is 18.2 Å². The first-order valence-electron chi connectivity index (χ1n) is 3.82. The fourth-order valence-electron chi connectivity index (χ4n) is 0.987. The number of rotatable bonds is 3. The van der Waals surface area contributed by atoms with Crippen LogP contribution in [0, 0.1) is 0 Å². The molecule has 0 unspecified atom stereocenters. The molecular weight excluding hydrogens is 182 g/mol. The number of hydrogen-bond donors (Lipinski definition) is 1. The number of ketones is 1. The summed E-state index contributed by atoms with van der Waals surface area (Å²) in [6, 6.07) is 7.24. The third kappa shape index (κ3) is 2.20. The molecule has 0 saturated carbocycles. The quantitative estimate of drug-likeness (QED) is 0.455. The summed E-state index contributed by atoms with van der Waals surface area (Å²) in [5, 5.41) is 5.42. The van der Waals surface area contributed by atoms with Crippen molar-refractivity contribution in [3.8, 4) is 0 Å². The highest BCUT2D eigenvalue weighted by Gasteiger charge is 2.10. The Labute approximate surface area is 82.0 Å². The smallest absolute Gasteiger partial charge is 0.189 e. The molecular formula is C10H11NOS. The molecule has 0 aliphatic heterocycles. The van der Waals surface area contributed by atoms with E-state index in [4.69, 9.17) is 5.14 Å². The summed E-state index contributed by atoms with van der Waals surface area (Å²) in [5.41, 5.74) is 1.16. The Morgan fingerprint density at radius 3 is 2.62 bits per heavy atom. The molecule has 3 heteroatoms. The van der Waals surface area contributed by atoms with E-state index in [2.05, 4.69) is 6.58 Å². The molecule has 0 fully saturated rings. The lowest BCUT2D eigenvalue weighted by molar-refractivity contribution is 0.103. The minimum absolute atomic E-state index is 0.0476. The van der Waals surface area contributed by atoms with Crippen LogP contribution in [0.1, 0.15) is 17.3 Å². The van der Waals surface area contributed by atoms with Gasteiger partial charge in [0.1, 0.15) is 0 Å². The van der Waals surface area contributed by atoms with E-state index in [0.717, 1.165) is 16.8 Å². The predicted octanol–water partition coefficient (Wildman–Crippen LogP) is 2.41. The molecule has 2 nitrogen and oxygen atoms in total. The number of Topliss-reactive ketones (excluding diaryl/α,β-unsaturated/α-hetero) is 1. The Hall–Kier alpha value is -1.06. The number of nitrogens with two attached hydrogens (primary N) is 1. The van der Waals surface area contributed by atoms with Crippen molar-refractivity contribution in [1.82, 2.24) is 0 Å². The molecule has 0 radical (unpaired) electrons. The topological polar surface area (TPSA) is 43.1 Å². The zero-order valence-corrected chi connectivity index (χ0v) is 8.23. The van der Waals surface area contributed by atoms with Gasteiger partial charge in [0.2, 0.25) is 0 Å². The van der Waals surface area contributed by atoms with Crippen molar-refractivity contribution in [2.24, 2.45) is 5.14 Å². The Balaban J connectivity index is 3.13. The van der Waals surface area contributed by atoms with Crippen LogP contribution in [0.2, 0.25) is 0 Å². The summed E-state index contributed by atoms with van der Waals surface area (Å²) in [4.78, 5) is 12.3. The zero-order valence-electron chi connectivity index (χ0n) is 7.41. The molecule has 1 aromatic carbocycles. The average Bonchev–Trinajstić information content (AvgIpc) is 2.16. The van der Waals surface area contributed by atoms with Gasteiger partial charge in [0.05, 0.1) is 0 Å². The Kier molecular flexibility index (Phi) is 3.28. The fraction of sp³-hybridized carbons (Fsp3) is 0.100. The summed E-state index contributed by atoms with van der Waals surface area (Å²) >= 11 is 1.08. The molecule has 2 N–H and O–H groups in total. The molecule has 0 spiro atoms. The van der Waals surface area contributed by atoms with Crippen LogP contribution in [0.25, 0.3) is 0 Å². The molecule has 13 heavy (non-hydrogen) atoms. The Bertz CT molecular complexity index is 347. The molecule has 0 atom stereocenters. The van der Waals surface area contributed by atoms with E-state index >= 15 is 0 Å². The number of hydrogen-bond acceptors (Lipinski definition) is 3. The maximum atomic E-state index is 11.6. The monoisotopic (exact) mass is 193 g/mol. The Morgan fingerprint density at radius 1 is 1.46 bits per heavy atom. The number of allylic oxidation sites excluding steroid dienone is 1. The van der Waals surface area contributed by atoms with Crippen LogP contribution in [0.3, 0.4) is 0 Å². The van der Waals surface area contributed by atoms with Crippen LogP contribution in [0.5, 0.6) is 0 Å². The average molecular weight is 193 g/mol. The van der Waals surface area contributed by atoms with Crippen molar-refractivity contribution in [3.05, 3.63) is 42.0 Å². The van der Waals surface area contributed by atoms with E-state index in [1.54, 1.807) is 13.0 Å². The first-order chi connectivity index (χ1) is 6.16. The predicted molar refractivity (Wildman–Crippen MR) is 55.6 cm³/mol. The van der Waals surface area contributed by atoms with Gasteiger partial charge in [0, 0.05) is 10.5 Å². The van der Waals surface area contributed by atoms with Gasteiger partial charge in [-0.25, -0.2) is 0 Å². The van der Waals surface area contributed by atoms with Crippen molar-refractivity contribution < 1.29 is 4.79 Å². The van der Waals surface area contributed by atoms with Crippen molar-refractivity contribution in [2.75, 3.05) is 0 Å². The molecule has 0 amide bonds. The lowest BCUT2D eigenvalue weighted by Gasteiger charge is -2.04. The molecule has 0 aliphatic carbocycles. The van der Waals surface area contributed by atoms with Gasteiger partial charge in [-0.15, -0.1) is 0 Å². The summed E-state index contributed by atoms with van der Waals surface area (Å²) in [6.45, 7) is 5.30. The molecule has 0 aromatic heterocycles. The second-order valence-corrected chi connectivity index (χ2v) is 3.40. The lowest BCUT2D eigenvalue weighted by Crippen LogP contribution is -2.02. The lowest BCUT2D eigenvalue weighted by atomic mass is 10.1. The van der Waals surface area contributed by atoms with E-state index in [1.165, 1.54) is 0 Å². The molecule has 1 aromatic rings. The van der Waals surface area contributed by atoms with Gasteiger partial charge in [-0.3, -0.25) is 9.93 Å². The molecule has 0 saturated heterocycles. The van der Waals surface area contributed by atoms with Crippen molar-refractivity contribution in [2.45, 2.75) is 11.8 Å². The van der Waals surface area contributed by atoms with Crippen LogP contribution >= 0.6 is 11.9 Å². The summed E-state index contributed by atoms with van der Waals surface area (Å²) in [7, 11) is 0. The maximum absolute atomic E-state index is 11.6. The molecule has 0 bridgehead atoms. The minimum atomic E-state index is -0.0476. The van der Waals surface area contributed by atoms with E-state index in [-0.39, 0.29) is 5.78 Å². The molecule has 1 rings (SSSR count). The summed E-state index contributed by atoms with van der Waals surface area (Å²) in [6.07, 6.45) is 0. The van der Waals surface area contributed by atoms with Gasteiger partial charge >= 0.3 is 0 Å². The van der Waals surface area contributed by atoms with Crippen LogP contribution < -0.4 is 5.14 Å². The first kappa shape index (κ1) is 10.0. The van der Waals surface area contributed by atoms with Gasteiger partial charge < -0.3 is 0 Å². The second kappa shape index (κ2) is 4.25. The van der Waals surface area contributed by atoms with Gasteiger partial charge in [-0.05, 0) is 36.6 Å². The second-order valence-electron chi connectivity index (χ2n) is 2.72. The fourth-order valence-corrected chi connectivity index (χ4v) is 1.43. The zero-order chi connectivity index (χ0) is 9.84. The van der Waals surface area contributed by atoms with Crippen LogP contribution in [0.4, 0.5) is 0 Å². The largest absolute Gasteiger partial charge is 0.289 e. The highest BCUT2D eigenvalue weighted by Crippen LogP contribution is 2.19. The highest BCUT2D eigenvalue weighted by atomic mass is 32.2. The normalized spacial score (nSPS) is 9.69. The standard InChI is InChI=1S/C10H11NOS/c1-7(2)10(12)8-5-3-4-6-9(8)13-11/h3-6H,1,11H2,2H3. The van der Waals surface area contributed by atoms with E-state index in [0.29, 0.717) is 11.1 Å². The van der Waals surface area contributed by atoms with Gasteiger partial charge in [-0.2, -0.15) is 0 Å². The van der Waals surface area contributed by atoms with E-state index < -0.39 is 0 Å². The van der Waals surface area contributed by atoms with Crippen LogP contribution in [0.15, 0.2) is 41.3 Å². The molecule has 68 valence electrons. The molecule has 0 heterocycles. The number of carbonyl (C=O) groups excluding carboxylic acids is 1. The number of benzene rings is 1. The molecule has 0 aliphatic rings. The third-order valence-corrected chi connectivity index (χ3v) is 2.26. The Morgan fingerprint density at radius 2 is 2.08 bits per heavy atom. The van der Waals surface area contributed by atoms with Crippen LogP contribution in [-0.4, -0.2) is 5.78 Å². The third-order valence-electron chi connectivity index (χ3n) is 1.65. The highest BCUT2D eigenvalue weighted by molar-refractivity contribution is 7.97. The van der Waals surface area contributed by atoms with Gasteiger partial charge in [-0.1, -0.05) is 18.7 Å². The first-order valence-corrected chi connectivity index (χ1v) is 4.70. The van der Waals surface area contributed by atoms with E-state index in [9.17, 15) is 4.79 Å². The van der Waals surface area contributed by atoms with Crippen molar-refractivity contribution in [1.29, 1.82) is 0 Å². The van der Waals surface area contributed by atoms with Gasteiger partial charge in [0.15, 0.2) is 5.78 Å².